The summed E-state index contributed by atoms with van der Waals surface area (Å²) in [5.74, 6) is 0. The first kappa shape index (κ1) is 17.9. The molecule has 0 fully saturated rings. The number of H-pyrrole nitrogens is 1. The molecule has 2 aromatic heterocycles. The molecule has 0 unspecified atom stereocenters. The Morgan fingerprint density at radius 3 is 2.30 bits per heavy atom. The Labute approximate surface area is 169 Å². The Hall–Kier alpha value is -2.44. The van der Waals surface area contributed by atoms with Crippen LogP contribution in [0.2, 0.25) is 0 Å². The maximum atomic E-state index is 12.8. The van der Waals surface area contributed by atoms with Crippen molar-refractivity contribution < 1.29 is 0 Å². The fraction of sp³-hybridized carbons (Fsp3) is 0.0952. The van der Waals surface area contributed by atoms with Gasteiger partial charge in [0.2, 0.25) is 0 Å². The van der Waals surface area contributed by atoms with E-state index in [1.807, 2.05) is 67.8 Å². The second-order valence-electron chi connectivity index (χ2n) is 6.20. The van der Waals surface area contributed by atoms with Gasteiger partial charge in [-0.05, 0) is 36.9 Å². The molecule has 0 aliphatic heterocycles. The SMILES string of the molecule is CSc1nc2nc(-c3ccc(Br)cc3)cc(-c3ccc(C)cc3)c2c(=O)[nH]1. The maximum absolute atomic E-state index is 12.8. The van der Waals surface area contributed by atoms with Gasteiger partial charge in [0.1, 0.15) is 0 Å². The fourth-order valence-corrected chi connectivity index (χ4v) is 3.58. The molecule has 0 aliphatic rings. The van der Waals surface area contributed by atoms with E-state index in [1.54, 1.807) is 0 Å². The monoisotopic (exact) mass is 437 g/mol. The Morgan fingerprint density at radius 2 is 1.63 bits per heavy atom. The van der Waals surface area contributed by atoms with Gasteiger partial charge in [0.05, 0.1) is 11.1 Å². The van der Waals surface area contributed by atoms with Gasteiger partial charge in [0.25, 0.3) is 5.56 Å². The summed E-state index contributed by atoms with van der Waals surface area (Å²) >= 11 is 4.86. The summed E-state index contributed by atoms with van der Waals surface area (Å²) in [5.41, 5.74) is 5.02. The van der Waals surface area contributed by atoms with Crippen LogP contribution in [0, 0.1) is 6.92 Å². The number of nitrogens with zero attached hydrogens (tertiary/aromatic N) is 2. The molecule has 2 aromatic carbocycles. The fourth-order valence-electron chi connectivity index (χ4n) is 2.95. The number of pyridine rings is 1. The molecule has 0 spiro atoms. The quantitative estimate of drug-likeness (QED) is 0.342. The van der Waals surface area contributed by atoms with E-state index < -0.39 is 0 Å². The highest BCUT2D eigenvalue weighted by Crippen LogP contribution is 2.31. The molecule has 0 amide bonds. The second kappa shape index (κ2) is 7.29. The molecule has 2 heterocycles. The first-order chi connectivity index (χ1) is 13.0. The number of halogens is 1. The molecule has 0 aliphatic carbocycles. The van der Waals surface area contributed by atoms with Gasteiger partial charge in [0.15, 0.2) is 10.8 Å². The number of nitrogens with one attached hydrogen (secondary N) is 1. The highest BCUT2D eigenvalue weighted by molar-refractivity contribution is 9.10. The van der Waals surface area contributed by atoms with Crippen LogP contribution in [0.3, 0.4) is 0 Å². The van der Waals surface area contributed by atoms with E-state index in [0.29, 0.717) is 16.2 Å². The molecule has 0 radical (unpaired) electrons. The van der Waals surface area contributed by atoms with Crippen molar-refractivity contribution in [3.05, 3.63) is 75.0 Å². The van der Waals surface area contributed by atoms with Crippen molar-refractivity contribution in [2.24, 2.45) is 0 Å². The molecule has 4 nitrogen and oxygen atoms in total. The van der Waals surface area contributed by atoms with Gasteiger partial charge >= 0.3 is 0 Å². The lowest BCUT2D eigenvalue weighted by Crippen LogP contribution is -2.11. The Morgan fingerprint density at radius 1 is 0.963 bits per heavy atom. The number of hydrogen-bond donors (Lipinski definition) is 1. The van der Waals surface area contributed by atoms with Crippen LogP contribution in [0.1, 0.15) is 5.56 Å². The van der Waals surface area contributed by atoms with Crippen LogP contribution in [-0.2, 0) is 0 Å². The van der Waals surface area contributed by atoms with Gasteiger partial charge in [0, 0.05) is 15.6 Å². The molecule has 0 saturated heterocycles. The van der Waals surface area contributed by atoms with E-state index in [2.05, 4.69) is 30.9 Å². The van der Waals surface area contributed by atoms with Crippen molar-refractivity contribution >= 4 is 38.7 Å². The highest BCUT2D eigenvalue weighted by Gasteiger charge is 2.15. The predicted molar refractivity (Wildman–Crippen MR) is 115 cm³/mol. The molecule has 0 bridgehead atoms. The van der Waals surface area contributed by atoms with Crippen molar-refractivity contribution in [2.45, 2.75) is 12.1 Å². The molecule has 27 heavy (non-hydrogen) atoms. The Balaban J connectivity index is 2.05. The van der Waals surface area contributed by atoms with Crippen molar-refractivity contribution in [3.63, 3.8) is 0 Å². The first-order valence-electron chi connectivity index (χ1n) is 8.37. The molecular weight excluding hydrogens is 422 g/mol. The summed E-state index contributed by atoms with van der Waals surface area (Å²) < 4.78 is 1.00. The average Bonchev–Trinajstić information content (AvgIpc) is 2.68. The van der Waals surface area contributed by atoms with Crippen molar-refractivity contribution in [3.8, 4) is 22.4 Å². The minimum Gasteiger partial charge on any atom is -0.301 e. The van der Waals surface area contributed by atoms with Crippen LogP contribution in [0.25, 0.3) is 33.4 Å². The third-order valence-corrected chi connectivity index (χ3v) is 5.46. The van der Waals surface area contributed by atoms with Gasteiger partial charge in [-0.1, -0.05) is 69.7 Å². The summed E-state index contributed by atoms with van der Waals surface area (Å²) in [5, 5.41) is 1.07. The molecule has 0 atom stereocenters. The highest BCUT2D eigenvalue weighted by atomic mass is 79.9. The van der Waals surface area contributed by atoms with E-state index in [-0.39, 0.29) is 5.56 Å². The lowest BCUT2D eigenvalue weighted by Gasteiger charge is -2.10. The maximum Gasteiger partial charge on any atom is 0.261 e. The number of hydrogen-bond acceptors (Lipinski definition) is 4. The van der Waals surface area contributed by atoms with E-state index in [1.165, 1.54) is 17.3 Å². The summed E-state index contributed by atoms with van der Waals surface area (Å²) in [6.07, 6.45) is 1.88. The van der Waals surface area contributed by atoms with Crippen LogP contribution in [0.15, 0.2) is 69.0 Å². The standard InChI is InChI=1S/C21H16BrN3OS/c1-12-3-5-13(6-4-12)16-11-17(14-7-9-15(22)10-8-14)23-19-18(16)20(26)25-21(24-19)27-2/h3-11H,1-2H3,(H,23,24,25,26). The van der Waals surface area contributed by atoms with Gasteiger partial charge < -0.3 is 4.98 Å². The number of rotatable bonds is 3. The first-order valence-corrected chi connectivity index (χ1v) is 10.4. The lowest BCUT2D eigenvalue weighted by molar-refractivity contribution is 0.965. The molecule has 0 saturated carbocycles. The lowest BCUT2D eigenvalue weighted by atomic mass is 9.99. The van der Waals surface area contributed by atoms with Crippen LogP contribution >= 0.6 is 27.7 Å². The summed E-state index contributed by atoms with van der Waals surface area (Å²) in [7, 11) is 0. The van der Waals surface area contributed by atoms with E-state index >= 15 is 0 Å². The number of thioether (sulfide) groups is 1. The molecule has 4 rings (SSSR count). The average molecular weight is 438 g/mol. The number of benzene rings is 2. The largest absolute Gasteiger partial charge is 0.301 e. The van der Waals surface area contributed by atoms with Crippen molar-refractivity contribution in [2.75, 3.05) is 6.26 Å². The molecule has 4 aromatic rings. The number of aryl methyl sites for hydroxylation is 1. The van der Waals surface area contributed by atoms with Gasteiger partial charge in [-0.25, -0.2) is 9.97 Å². The van der Waals surface area contributed by atoms with Crippen LogP contribution in [-0.4, -0.2) is 21.2 Å². The summed E-state index contributed by atoms with van der Waals surface area (Å²) in [6.45, 7) is 2.04. The normalized spacial score (nSPS) is 11.1. The zero-order valence-electron chi connectivity index (χ0n) is 14.8. The molecular formula is C21H16BrN3OS. The molecule has 1 N–H and O–H groups in total. The van der Waals surface area contributed by atoms with E-state index in [9.17, 15) is 4.79 Å². The minimum absolute atomic E-state index is 0.171. The third-order valence-electron chi connectivity index (χ3n) is 4.35. The number of aromatic amines is 1. The Kier molecular flexibility index (Phi) is 4.85. The number of aromatic nitrogens is 3. The van der Waals surface area contributed by atoms with Gasteiger partial charge in [-0.3, -0.25) is 4.79 Å². The topological polar surface area (TPSA) is 58.6 Å². The molecule has 6 heteroatoms. The van der Waals surface area contributed by atoms with Crippen molar-refractivity contribution in [1.82, 2.24) is 15.0 Å². The van der Waals surface area contributed by atoms with E-state index in [4.69, 9.17) is 0 Å². The zero-order valence-corrected chi connectivity index (χ0v) is 17.2. The smallest absolute Gasteiger partial charge is 0.261 e. The van der Waals surface area contributed by atoms with Gasteiger partial charge in [-0.2, -0.15) is 0 Å². The predicted octanol–water partition coefficient (Wildman–Crippen LogP) is 5.44. The minimum atomic E-state index is -0.171. The second-order valence-corrected chi connectivity index (χ2v) is 7.91. The van der Waals surface area contributed by atoms with Crippen LogP contribution < -0.4 is 5.56 Å². The van der Waals surface area contributed by atoms with Crippen molar-refractivity contribution in [1.29, 1.82) is 0 Å². The van der Waals surface area contributed by atoms with Crippen LogP contribution in [0.4, 0.5) is 0 Å². The molecule has 134 valence electrons. The zero-order chi connectivity index (χ0) is 19.0. The third kappa shape index (κ3) is 3.55. The summed E-state index contributed by atoms with van der Waals surface area (Å²) in [4.78, 5) is 24.8. The Bertz CT molecular complexity index is 1190. The van der Waals surface area contributed by atoms with Crippen LogP contribution in [0.5, 0.6) is 0 Å². The number of fused-ring (bicyclic) bond motifs is 1. The van der Waals surface area contributed by atoms with E-state index in [0.717, 1.165) is 26.9 Å². The summed E-state index contributed by atoms with van der Waals surface area (Å²) in [6, 6.07) is 18.1. The van der Waals surface area contributed by atoms with Gasteiger partial charge in [-0.15, -0.1) is 0 Å².